The quantitative estimate of drug-likeness (QED) is 0.648. The molecule has 0 atom stereocenters. The molecule has 1 aliphatic rings. The van der Waals surface area contributed by atoms with Crippen molar-refractivity contribution in [3.05, 3.63) is 76.2 Å². The number of methoxy groups -OCH3 is 1. The van der Waals surface area contributed by atoms with Crippen LogP contribution < -0.4 is 0 Å². The van der Waals surface area contributed by atoms with Gasteiger partial charge in [-0.3, -0.25) is 9.58 Å². The van der Waals surface area contributed by atoms with Crippen molar-refractivity contribution in [2.45, 2.75) is 26.6 Å². The summed E-state index contributed by atoms with van der Waals surface area (Å²) in [6, 6.07) is 12.8. The van der Waals surface area contributed by atoms with Crippen LogP contribution in [0, 0.1) is 12.7 Å². The Morgan fingerprint density at radius 1 is 1.21 bits per heavy atom. The van der Waals surface area contributed by atoms with Crippen LogP contribution in [0.4, 0.5) is 4.39 Å². The number of hydrogen-bond donors (Lipinski definition) is 0. The molecule has 28 heavy (non-hydrogen) atoms. The van der Waals surface area contributed by atoms with Crippen LogP contribution in [0.2, 0.25) is 0 Å². The van der Waals surface area contributed by atoms with Gasteiger partial charge in [-0.2, -0.15) is 5.10 Å². The van der Waals surface area contributed by atoms with Gasteiger partial charge in [-0.15, -0.1) is 0 Å². The van der Waals surface area contributed by atoms with E-state index in [-0.39, 0.29) is 5.56 Å². The molecule has 0 radical (unpaired) electrons. The molecule has 0 N–H and O–H groups in total. The van der Waals surface area contributed by atoms with Gasteiger partial charge in [0.25, 0.3) is 0 Å². The zero-order chi connectivity index (χ0) is 19.8. The molecule has 0 unspecified atom stereocenters. The van der Waals surface area contributed by atoms with E-state index in [1.165, 1.54) is 24.3 Å². The Labute approximate surface area is 163 Å². The highest BCUT2D eigenvalue weighted by atomic mass is 19.1. The Morgan fingerprint density at radius 3 is 2.75 bits per heavy atom. The minimum atomic E-state index is -0.678. The van der Waals surface area contributed by atoms with E-state index in [2.05, 4.69) is 35.7 Å². The molecule has 3 aromatic rings. The monoisotopic (exact) mass is 379 g/mol. The Morgan fingerprint density at radius 2 is 2.00 bits per heavy atom. The van der Waals surface area contributed by atoms with Crippen molar-refractivity contribution >= 4 is 5.97 Å². The van der Waals surface area contributed by atoms with Gasteiger partial charge in [0.15, 0.2) is 0 Å². The van der Waals surface area contributed by atoms with Crippen LogP contribution in [0.25, 0.3) is 11.3 Å². The van der Waals surface area contributed by atoms with Crippen molar-refractivity contribution in [2.75, 3.05) is 14.2 Å². The van der Waals surface area contributed by atoms with E-state index in [1.807, 2.05) is 16.8 Å². The van der Waals surface area contributed by atoms with Gasteiger partial charge in [-0.1, -0.05) is 30.3 Å². The van der Waals surface area contributed by atoms with Crippen LogP contribution >= 0.6 is 0 Å². The third-order valence-electron chi connectivity index (χ3n) is 5.15. The van der Waals surface area contributed by atoms with Crippen LogP contribution in [-0.4, -0.2) is 34.8 Å². The number of esters is 1. The number of benzene rings is 2. The molecule has 0 fully saturated rings. The molecule has 0 saturated heterocycles. The normalized spacial score (nSPS) is 13.6. The number of ether oxygens (including phenoxy) is 1. The third kappa shape index (κ3) is 3.20. The molecule has 4 rings (SSSR count). The standard InChI is InChI=1S/C22H22FN3O2/c1-14-6-4-5-7-16(14)21-18-12-25(2)13-20(18)24-26(21)11-15-8-9-19(23)17(10-15)22(27)28-3/h4-10H,11-13H2,1-3H3. The van der Waals surface area contributed by atoms with E-state index in [0.717, 1.165) is 35.6 Å². The van der Waals surface area contributed by atoms with E-state index in [0.29, 0.717) is 6.54 Å². The number of rotatable bonds is 4. The van der Waals surface area contributed by atoms with Crippen molar-refractivity contribution in [3.63, 3.8) is 0 Å². The fourth-order valence-corrected chi connectivity index (χ4v) is 3.79. The van der Waals surface area contributed by atoms with Crippen molar-refractivity contribution in [3.8, 4) is 11.3 Å². The molecule has 6 heteroatoms. The molecule has 1 aliphatic heterocycles. The first-order valence-electron chi connectivity index (χ1n) is 9.17. The van der Waals surface area contributed by atoms with Gasteiger partial charge in [0, 0.05) is 24.2 Å². The van der Waals surface area contributed by atoms with Crippen molar-refractivity contribution in [1.29, 1.82) is 0 Å². The SMILES string of the molecule is COC(=O)c1cc(Cn2nc3c(c2-c2ccccc2C)CN(C)C3)ccc1F. The highest BCUT2D eigenvalue weighted by molar-refractivity contribution is 5.89. The van der Waals surface area contributed by atoms with Gasteiger partial charge < -0.3 is 4.74 Å². The Bertz CT molecular complexity index is 1060. The summed E-state index contributed by atoms with van der Waals surface area (Å²) in [5, 5.41) is 4.84. The van der Waals surface area contributed by atoms with E-state index in [9.17, 15) is 9.18 Å². The second-order valence-corrected chi connectivity index (χ2v) is 7.22. The molecule has 1 aromatic heterocycles. The Kier molecular flexibility index (Phi) is 4.73. The predicted octanol–water partition coefficient (Wildman–Crippen LogP) is 3.78. The van der Waals surface area contributed by atoms with Crippen molar-refractivity contribution < 1.29 is 13.9 Å². The predicted molar refractivity (Wildman–Crippen MR) is 104 cm³/mol. The van der Waals surface area contributed by atoms with Crippen LogP contribution in [0.3, 0.4) is 0 Å². The molecule has 144 valence electrons. The minimum Gasteiger partial charge on any atom is -0.465 e. The summed E-state index contributed by atoms with van der Waals surface area (Å²) in [6.45, 7) is 4.18. The molecule has 0 saturated carbocycles. The molecule has 2 heterocycles. The number of carbonyl (C=O) groups is 1. The van der Waals surface area contributed by atoms with Gasteiger partial charge in [-0.05, 0) is 37.2 Å². The Balaban J connectivity index is 1.79. The lowest BCUT2D eigenvalue weighted by Crippen LogP contribution is -2.13. The number of carbonyl (C=O) groups excluding carboxylic acids is 1. The maximum absolute atomic E-state index is 14.0. The van der Waals surface area contributed by atoms with E-state index >= 15 is 0 Å². The number of nitrogens with zero attached hydrogens (tertiary/aromatic N) is 3. The average Bonchev–Trinajstić information content (AvgIpc) is 3.18. The highest BCUT2D eigenvalue weighted by Crippen LogP contribution is 2.34. The summed E-state index contributed by atoms with van der Waals surface area (Å²) in [6.07, 6.45) is 0. The number of hydrogen-bond acceptors (Lipinski definition) is 4. The largest absolute Gasteiger partial charge is 0.465 e. The van der Waals surface area contributed by atoms with E-state index in [4.69, 9.17) is 5.10 Å². The fourth-order valence-electron chi connectivity index (χ4n) is 3.79. The Hall–Kier alpha value is -2.99. The number of aryl methyl sites for hydroxylation is 1. The fraction of sp³-hybridized carbons (Fsp3) is 0.273. The molecule has 0 spiro atoms. The van der Waals surface area contributed by atoms with Gasteiger partial charge in [-0.25, -0.2) is 9.18 Å². The summed E-state index contributed by atoms with van der Waals surface area (Å²) >= 11 is 0. The number of aromatic nitrogens is 2. The summed E-state index contributed by atoms with van der Waals surface area (Å²) in [4.78, 5) is 14.1. The van der Waals surface area contributed by atoms with Crippen molar-refractivity contribution in [1.82, 2.24) is 14.7 Å². The minimum absolute atomic E-state index is 0.0585. The lowest BCUT2D eigenvalue weighted by Gasteiger charge is -2.14. The third-order valence-corrected chi connectivity index (χ3v) is 5.15. The maximum atomic E-state index is 14.0. The van der Waals surface area contributed by atoms with Crippen LogP contribution in [0.1, 0.15) is 32.7 Å². The molecule has 0 amide bonds. The van der Waals surface area contributed by atoms with E-state index < -0.39 is 11.8 Å². The number of halogens is 1. The number of fused-ring (bicyclic) bond motifs is 1. The summed E-state index contributed by atoms with van der Waals surface area (Å²) < 4.78 is 20.6. The molecular weight excluding hydrogens is 357 g/mol. The second kappa shape index (κ2) is 7.20. The first-order chi connectivity index (χ1) is 13.5. The summed E-state index contributed by atoms with van der Waals surface area (Å²) in [5.41, 5.74) is 6.43. The maximum Gasteiger partial charge on any atom is 0.340 e. The topological polar surface area (TPSA) is 47.4 Å². The first kappa shape index (κ1) is 18.4. The smallest absolute Gasteiger partial charge is 0.340 e. The zero-order valence-corrected chi connectivity index (χ0v) is 16.2. The van der Waals surface area contributed by atoms with Crippen LogP contribution in [-0.2, 0) is 24.4 Å². The van der Waals surface area contributed by atoms with Crippen LogP contribution in [0.5, 0.6) is 0 Å². The van der Waals surface area contributed by atoms with Gasteiger partial charge in [0.1, 0.15) is 5.82 Å². The van der Waals surface area contributed by atoms with Crippen molar-refractivity contribution in [2.24, 2.45) is 0 Å². The molecule has 5 nitrogen and oxygen atoms in total. The second-order valence-electron chi connectivity index (χ2n) is 7.22. The van der Waals surface area contributed by atoms with Gasteiger partial charge in [0.05, 0.1) is 30.6 Å². The summed E-state index contributed by atoms with van der Waals surface area (Å²) in [5.74, 6) is -1.26. The lowest BCUT2D eigenvalue weighted by molar-refractivity contribution is 0.0595. The first-order valence-corrected chi connectivity index (χ1v) is 9.17. The summed E-state index contributed by atoms with van der Waals surface area (Å²) in [7, 11) is 3.33. The lowest BCUT2D eigenvalue weighted by atomic mass is 10.0. The molecule has 0 bridgehead atoms. The van der Waals surface area contributed by atoms with E-state index in [1.54, 1.807) is 12.1 Å². The van der Waals surface area contributed by atoms with Crippen LogP contribution in [0.15, 0.2) is 42.5 Å². The molecular formula is C22H22FN3O2. The highest BCUT2D eigenvalue weighted by Gasteiger charge is 2.27. The average molecular weight is 379 g/mol. The zero-order valence-electron chi connectivity index (χ0n) is 16.2. The molecule has 0 aliphatic carbocycles. The molecule has 2 aromatic carbocycles. The van der Waals surface area contributed by atoms with Gasteiger partial charge >= 0.3 is 5.97 Å². The van der Waals surface area contributed by atoms with Gasteiger partial charge in [0.2, 0.25) is 0 Å².